The zero-order valence-corrected chi connectivity index (χ0v) is 19.2. The minimum Gasteiger partial charge on any atom is -0.350 e. The standard InChI is InChI=1S/C27H30O6/c1-27(2)21-15-17(23(28)7-9-25-30-11-12-31-25)3-5-19(21)20-6-4-18(16-22(20)27)24(29)8-10-26-32-13-14-33-26/h3-6,15-16,25-26H,7-14H2,1-2H3. The molecule has 2 aromatic carbocycles. The topological polar surface area (TPSA) is 71.1 Å². The average Bonchev–Trinajstić information content (AvgIpc) is 3.57. The smallest absolute Gasteiger partial charge is 0.163 e. The van der Waals surface area contributed by atoms with Crippen molar-refractivity contribution in [2.75, 3.05) is 26.4 Å². The Balaban J connectivity index is 1.33. The minimum absolute atomic E-state index is 0.0934. The second kappa shape index (κ2) is 9.11. The zero-order valence-electron chi connectivity index (χ0n) is 19.2. The highest BCUT2D eigenvalue weighted by atomic mass is 16.7. The Morgan fingerprint density at radius 1 is 0.727 bits per heavy atom. The normalized spacial score (nSPS) is 19.6. The summed E-state index contributed by atoms with van der Waals surface area (Å²) in [6, 6.07) is 11.9. The quantitative estimate of drug-likeness (QED) is 0.545. The monoisotopic (exact) mass is 450 g/mol. The van der Waals surface area contributed by atoms with Gasteiger partial charge in [-0.2, -0.15) is 0 Å². The number of fused-ring (bicyclic) bond motifs is 3. The molecule has 2 saturated heterocycles. The Labute approximate surface area is 194 Å². The summed E-state index contributed by atoms with van der Waals surface area (Å²) in [4.78, 5) is 25.7. The summed E-state index contributed by atoms with van der Waals surface area (Å²) < 4.78 is 21.8. The Kier molecular flexibility index (Phi) is 6.18. The average molecular weight is 451 g/mol. The third-order valence-corrected chi connectivity index (χ3v) is 6.92. The number of hydrogen-bond donors (Lipinski definition) is 0. The Bertz CT molecular complexity index is 977. The van der Waals surface area contributed by atoms with Crippen LogP contribution in [0.15, 0.2) is 36.4 Å². The van der Waals surface area contributed by atoms with Crippen molar-refractivity contribution in [2.45, 2.75) is 57.5 Å². The molecule has 0 saturated carbocycles. The van der Waals surface area contributed by atoms with E-state index in [9.17, 15) is 9.59 Å². The highest BCUT2D eigenvalue weighted by molar-refractivity contribution is 5.99. The van der Waals surface area contributed by atoms with Crippen LogP contribution in [0.3, 0.4) is 0 Å². The highest BCUT2D eigenvalue weighted by Gasteiger charge is 2.36. The van der Waals surface area contributed by atoms with E-state index in [2.05, 4.69) is 13.8 Å². The van der Waals surface area contributed by atoms with Gasteiger partial charge in [0.15, 0.2) is 24.1 Å². The maximum atomic E-state index is 12.8. The van der Waals surface area contributed by atoms with Crippen LogP contribution >= 0.6 is 0 Å². The van der Waals surface area contributed by atoms with Gasteiger partial charge in [-0.15, -0.1) is 0 Å². The van der Waals surface area contributed by atoms with Crippen molar-refractivity contribution in [3.63, 3.8) is 0 Å². The molecule has 0 spiro atoms. The Hall–Kier alpha value is -2.38. The number of hydrogen-bond acceptors (Lipinski definition) is 6. The van der Waals surface area contributed by atoms with Gasteiger partial charge in [-0.3, -0.25) is 9.59 Å². The molecule has 6 heteroatoms. The second-order valence-electron chi connectivity index (χ2n) is 9.41. The van der Waals surface area contributed by atoms with Crippen molar-refractivity contribution < 1.29 is 28.5 Å². The molecular formula is C27H30O6. The molecule has 0 bridgehead atoms. The van der Waals surface area contributed by atoms with Crippen molar-refractivity contribution in [3.05, 3.63) is 58.7 Å². The minimum atomic E-state index is -0.299. The zero-order chi connectivity index (χ0) is 23.0. The van der Waals surface area contributed by atoms with Gasteiger partial charge in [0.05, 0.1) is 26.4 Å². The predicted octanol–water partition coefficient (Wildman–Crippen LogP) is 4.66. The molecule has 1 aliphatic carbocycles. The third kappa shape index (κ3) is 4.41. The predicted molar refractivity (Wildman–Crippen MR) is 123 cm³/mol. The molecule has 2 heterocycles. The number of ketones is 2. The van der Waals surface area contributed by atoms with Crippen molar-refractivity contribution in [3.8, 4) is 11.1 Å². The number of benzene rings is 2. The lowest BCUT2D eigenvalue weighted by Gasteiger charge is -2.22. The van der Waals surface area contributed by atoms with E-state index in [4.69, 9.17) is 18.9 Å². The SMILES string of the molecule is CC1(C)c2cc(C(=O)CCC3OCCO3)ccc2-c2ccc(C(=O)CCC3OCCO3)cc21. The number of ether oxygens (including phenoxy) is 4. The van der Waals surface area contributed by atoms with Crippen LogP contribution in [0.1, 0.15) is 71.4 Å². The van der Waals surface area contributed by atoms with E-state index in [1.807, 2.05) is 36.4 Å². The number of carbonyl (C=O) groups excluding carboxylic acids is 2. The van der Waals surface area contributed by atoms with Crippen LogP contribution in [0.2, 0.25) is 0 Å². The van der Waals surface area contributed by atoms with E-state index in [0.29, 0.717) is 63.2 Å². The molecule has 0 N–H and O–H groups in total. The van der Waals surface area contributed by atoms with Crippen LogP contribution in [0, 0.1) is 0 Å². The van der Waals surface area contributed by atoms with E-state index < -0.39 is 0 Å². The first-order valence-corrected chi connectivity index (χ1v) is 11.8. The number of carbonyl (C=O) groups is 2. The van der Waals surface area contributed by atoms with Crippen molar-refractivity contribution in [1.82, 2.24) is 0 Å². The molecular weight excluding hydrogens is 420 g/mol. The third-order valence-electron chi connectivity index (χ3n) is 6.92. The van der Waals surface area contributed by atoms with Gasteiger partial charge in [0, 0.05) is 42.2 Å². The lowest BCUT2D eigenvalue weighted by atomic mass is 9.81. The molecule has 3 aliphatic rings. The molecule has 2 aliphatic heterocycles. The van der Waals surface area contributed by atoms with Crippen molar-refractivity contribution in [1.29, 1.82) is 0 Å². The van der Waals surface area contributed by atoms with Crippen LogP contribution in [0.25, 0.3) is 11.1 Å². The van der Waals surface area contributed by atoms with Crippen molar-refractivity contribution in [2.24, 2.45) is 0 Å². The van der Waals surface area contributed by atoms with Gasteiger partial charge in [0.2, 0.25) is 0 Å². The van der Waals surface area contributed by atoms with Gasteiger partial charge in [-0.25, -0.2) is 0 Å². The highest BCUT2D eigenvalue weighted by Crippen LogP contribution is 2.49. The fourth-order valence-corrected chi connectivity index (χ4v) is 5.02. The largest absolute Gasteiger partial charge is 0.350 e. The maximum Gasteiger partial charge on any atom is 0.163 e. The van der Waals surface area contributed by atoms with Gasteiger partial charge in [0.25, 0.3) is 0 Å². The molecule has 33 heavy (non-hydrogen) atoms. The van der Waals surface area contributed by atoms with E-state index in [0.717, 1.165) is 22.3 Å². The summed E-state index contributed by atoms with van der Waals surface area (Å²) >= 11 is 0. The molecule has 2 aromatic rings. The van der Waals surface area contributed by atoms with E-state index in [1.54, 1.807) is 0 Å². The van der Waals surface area contributed by atoms with Crippen LogP contribution in [0.5, 0.6) is 0 Å². The summed E-state index contributed by atoms with van der Waals surface area (Å²) in [5, 5.41) is 0. The van der Waals surface area contributed by atoms with Crippen LogP contribution in [-0.4, -0.2) is 50.6 Å². The van der Waals surface area contributed by atoms with Crippen molar-refractivity contribution >= 4 is 11.6 Å². The molecule has 174 valence electrons. The van der Waals surface area contributed by atoms with Crippen LogP contribution in [-0.2, 0) is 24.4 Å². The Morgan fingerprint density at radius 2 is 1.12 bits per heavy atom. The van der Waals surface area contributed by atoms with Gasteiger partial charge >= 0.3 is 0 Å². The molecule has 0 amide bonds. The Morgan fingerprint density at radius 3 is 1.52 bits per heavy atom. The molecule has 5 rings (SSSR count). The first kappa shape index (κ1) is 22.4. The molecule has 2 fully saturated rings. The van der Waals surface area contributed by atoms with Crippen LogP contribution in [0.4, 0.5) is 0 Å². The van der Waals surface area contributed by atoms with Gasteiger partial charge < -0.3 is 18.9 Å². The molecule has 0 aromatic heterocycles. The van der Waals surface area contributed by atoms with Gasteiger partial charge in [-0.1, -0.05) is 38.1 Å². The van der Waals surface area contributed by atoms with Gasteiger partial charge in [-0.05, 0) is 34.4 Å². The summed E-state index contributed by atoms with van der Waals surface area (Å²) in [6.45, 7) is 6.68. The van der Waals surface area contributed by atoms with Gasteiger partial charge in [0.1, 0.15) is 0 Å². The molecule has 0 unspecified atom stereocenters. The number of rotatable bonds is 8. The maximum absolute atomic E-state index is 12.8. The summed E-state index contributed by atoms with van der Waals surface area (Å²) in [5.74, 6) is 0.187. The summed E-state index contributed by atoms with van der Waals surface area (Å²) in [6.07, 6.45) is 1.39. The van der Waals surface area contributed by atoms with E-state index >= 15 is 0 Å². The number of Topliss-reactive ketones (excluding diaryl/α,β-unsaturated/α-hetero) is 2. The second-order valence-corrected chi connectivity index (χ2v) is 9.41. The molecule has 0 atom stereocenters. The van der Waals surface area contributed by atoms with E-state index in [1.165, 1.54) is 0 Å². The summed E-state index contributed by atoms with van der Waals surface area (Å²) in [5.41, 5.74) is 5.61. The first-order chi connectivity index (χ1) is 15.9. The summed E-state index contributed by atoms with van der Waals surface area (Å²) in [7, 11) is 0. The first-order valence-electron chi connectivity index (χ1n) is 11.8. The molecule has 0 radical (unpaired) electrons. The lowest BCUT2D eigenvalue weighted by Crippen LogP contribution is -2.17. The van der Waals surface area contributed by atoms with E-state index in [-0.39, 0.29) is 29.6 Å². The molecule has 6 nitrogen and oxygen atoms in total. The lowest BCUT2D eigenvalue weighted by molar-refractivity contribution is -0.0466. The fourth-order valence-electron chi connectivity index (χ4n) is 5.02. The fraction of sp³-hybridized carbons (Fsp3) is 0.481. The van der Waals surface area contributed by atoms with Crippen LogP contribution < -0.4 is 0 Å².